The summed E-state index contributed by atoms with van der Waals surface area (Å²) in [5.41, 5.74) is -0.596. The zero-order valence-electron chi connectivity index (χ0n) is 10.4. The number of rotatable bonds is 4. The van der Waals surface area contributed by atoms with E-state index in [1.165, 1.54) is 36.7 Å². The van der Waals surface area contributed by atoms with Gasteiger partial charge in [-0.05, 0) is 24.3 Å². The van der Waals surface area contributed by atoms with E-state index >= 15 is 0 Å². The van der Waals surface area contributed by atoms with Gasteiger partial charge >= 0.3 is 5.97 Å². The number of hydrogen-bond acceptors (Lipinski definition) is 6. The Morgan fingerprint density at radius 3 is 2.57 bits per heavy atom. The van der Waals surface area contributed by atoms with Crippen LogP contribution in [-0.4, -0.2) is 29.5 Å². The highest BCUT2D eigenvalue weighted by Crippen LogP contribution is 2.19. The maximum Gasteiger partial charge on any atom is 0.339 e. The molecule has 2 aromatic heterocycles. The fourth-order valence-electron chi connectivity index (χ4n) is 1.53. The Morgan fingerprint density at radius 1 is 1.24 bits per heavy atom. The third-order valence-corrected chi connectivity index (χ3v) is 3.81. The van der Waals surface area contributed by atoms with Crippen molar-refractivity contribution < 1.29 is 18.3 Å². The molecular weight excluding hydrogens is 296 g/mol. The molecule has 0 fully saturated rings. The third-order valence-electron chi connectivity index (χ3n) is 2.44. The van der Waals surface area contributed by atoms with E-state index in [2.05, 4.69) is 9.97 Å². The molecule has 2 rings (SSSR count). The van der Waals surface area contributed by atoms with E-state index in [1.54, 1.807) is 6.07 Å². The minimum absolute atomic E-state index is 0.294. The van der Waals surface area contributed by atoms with E-state index in [-0.39, 0.29) is 22.0 Å². The molecule has 0 aromatic carbocycles. The molecule has 2 aromatic rings. The number of hydrogen-bond donors (Lipinski definition) is 2. The lowest BCUT2D eigenvalue weighted by atomic mass is 10.3. The van der Waals surface area contributed by atoms with Gasteiger partial charge < -0.3 is 5.11 Å². The van der Waals surface area contributed by atoms with E-state index in [1.807, 2.05) is 4.72 Å². The Bertz CT molecular complexity index is 842. The highest BCUT2D eigenvalue weighted by atomic mass is 32.2. The fraction of sp³-hybridized carbons (Fsp3) is 0. The standard InChI is InChI=1S/C12H8N4O4S/c13-7-9-10(4-2-5-14-9)21(19,20)16-11-8(12(17)18)3-1-6-15-11/h1-6H,(H,15,16)(H,17,18). The van der Waals surface area contributed by atoms with E-state index in [9.17, 15) is 13.2 Å². The van der Waals surface area contributed by atoms with Crippen LogP contribution in [-0.2, 0) is 10.0 Å². The molecule has 9 heteroatoms. The van der Waals surface area contributed by atoms with Crippen molar-refractivity contribution >= 4 is 21.8 Å². The normalized spacial score (nSPS) is 10.6. The summed E-state index contributed by atoms with van der Waals surface area (Å²) in [5.74, 6) is -1.66. The topological polar surface area (TPSA) is 133 Å². The zero-order valence-corrected chi connectivity index (χ0v) is 11.2. The number of carbonyl (C=O) groups is 1. The van der Waals surface area contributed by atoms with Crippen LogP contribution < -0.4 is 4.72 Å². The molecule has 21 heavy (non-hydrogen) atoms. The number of sulfonamides is 1. The van der Waals surface area contributed by atoms with Crippen molar-refractivity contribution in [2.24, 2.45) is 0 Å². The Kier molecular flexibility index (Phi) is 3.82. The molecule has 0 aliphatic rings. The van der Waals surface area contributed by atoms with Gasteiger partial charge in [0.05, 0.1) is 0 Å². The van der Waals surface area contributed by atoms with Crippen molar-refractivity contribution in [1.82, 2.24) is 9.97 Å². The second kappa shape index (κ2) is 5.56. The van der Waals surface area contributed by atoms with Gasteiger partial charge in [0, 0.05) is 12.4 Å². The number of nitrogens with one attached hydrogen (secondary N) is 1. The summed E-state index contributed by atoms with van der Waals surface area (Å²) in [7, 11) is -4.17. The van der Waals surface area contributed by atoms with Gasteiger partial charge in [-0.15, -0.1) is 0 Å². The van der Waals surface area contributed by atoms with Gasteiger partial charge in [-0.2, -0.15) is 5.26 Å². The van der Waals surface area contributed by atoms with Crippen LogP contribution >= 0.6 is 0 Å². The van der Waals surface area contributed by atoms with Crippen LogP contribution in [0.4, 0.5) is 5.82 Å². The monoisotopic (exact) mass is 304 g/mol. The Morgan fingerprint density at radius 2 is 1.90 bits per heavy atom. The molecule has 0 radical (unpaired) electrons. The van der Waals surface area contributed by atoms with Crippen LogP contribution in [0.3, 0.4) is 0 Å². The molecule has 0 unspecified atom stereocenters. The molecule has 0 saturated carbocycles. The molecule has 0 aliphatic carbocycles. The first-order valence-corrected chi connectivity index (χ1v) is 7.00. The molecule has 0 atom stereocenters. The summed E-state index contributed by atoms with van der Waals surface area (Å²) in [6, 6.07) is 6.78. The fourth-order valence-corrected chi connectivity index (χ4v) is 2.67. The summed E-state index contributed by atoms with van der Waals surface area (Å²) in [6.07, 6.45) is 2.53. The molecule has 106 valence electrons. The third kappa shape index (κ3) is 2.96. The number of nitriles is 1. The van der Waals surface area contributed by atoms with E-state index in [4.69, 9.17) is 10.4 Å². The second-order valence-electron chi connectivity index (χ2n) is 3.77. The maximum absolute atomic E-state index is 12.2. The highest BCUT2D eigenvalue weighted by molar-refractivity contribution is 7.92. The summed E-state index contributed by atoms with van der Waals surface area (Å²) < 4.78 is 26.5. The Labute approximate surface area is 119 Å². The minimum atomic E-state index is -4.17. The van der Waals surface area contributed by atoms with Crippen molar-refractivity contribution in [1.29, 1.82) is 5.26 Å². The predicted octanol–water partition coefficient (Wildman–Crippen LogP) is 0.847. The van der Waals surface area contributed by atoms with Gasteiger partial charge in [0.1, 0.15) is 16.5 Å². The van der Waals surface area contributed by atoms with Crippen molar-refractivity contribution in [3.8, 4) is 6.07 Å². The van der Waals surface area contributed by atoms with Crippen LogP contribution in [0.1, 0.15) is 16.1 Å². The van der Waals surface area contributed by atoms with E-state index in [0.29, 0.717) is 0 Å². The zero-order chi connectivity index (χ0) is 15.5. The number of nitrogens with zero attached hydrogens (tertiary/aromatic N) is 3. The number of aromatic carboxylic acids is 1. The summed E-state index contributed by atoms with van der Waals surface area (Å²) >= 11 is 0. The van der Waals surface area contributed by atoms with Gasteiger partial charge in [-0.25, -0.2) is 23.2 Å². The molecule has 8 nitrogen and oxygen atoms in total. The highest BCUT2D eigenvalue weighted by Gasteiger charge is 2.22. The van der Waals surface area contributed by atoms with Crippen LogP contribution in [0.2, 0.25) is 0 Å². The van der Waals surface area contributed by atoms with Crippen LogP contribution in [0.5, 0.6) is 0 Å². The molecule has 2 heterocycles. The lowest BCUT2D eigenvalue weighted by Crippen LogP contribution is -2.18. The van der Waals surface area contributed by atoms with Crippen molar-refractivity contribution in [3.05, 3.63) is 47.9 Å². The average Bonchev–Trinajstić information content (AvgIpc) is 2.47. The van der Waals surface area contributed by atoms with Crippen molar-refractivity contribution in [2.45, 2.75) is 4.90 Å². The van der Waals surface area contributed by atoms with Crippen molar-refractivity contribution in [2.75, 3.05) is 4.72 Å². The largest absolute Gasteiger partial charge is 0.478 e. The first-order valence-electron chi connectivity index (χ1n) is 5.52. The summed E-state index contributed by atoms with van der Waals surface area (Å²) in [5, 5.41) is 17.9. The van der Waals surface area contributed by atoms with Gasteiger partial charge in [0.2, 0.25) is 0 Å². The molecule has 0 aliphatic heterocycles. The molecule has 0 spiro atoms. The predicted molar refractivity (Wildman–Crippen MR) is 71.0 cm³/mol. The number of carboxylic acids is 1. The lowest BCUT2D eigenvalue weighted by Gasteiger charge is -2.09. The first-order chi connectivity index (χ1) is 9.95. The van der Waals surface area contributed by atoms with Gasteiger partial charge in [-0.1, -0.05) is 0 Å². The van der Waals surface area contributed by atoms with Crippen molar-refractivity contribution in [3.63, 3.8) is 0 Å². The molecule has 0 saturated heterocycles. The van der Waals surface area contributed by atoms with Crippen LogP contribution in [0.15, 0.2) is 41.6 Å². The average molecular weight is 304 g/mol. The number of anilines is 1. The SMILES string of the molecule is N#Cc1ncccc1S(=O)(=O)Nc1ncccc1C(=O)O. The van der Waals surface area contributed by atoms with Crippen LogP contribution in [0, 0.1) is 11.3 Å². The number of pyridine rings is 2. The van der Waals surface area contributed by atoms with Gasteiger partial charge in [-0.3, -0.25) is 4.72 Å². The number of aromatic nitrogens is 2. The van der Waals surface area contributed by atoms with Gasteiger partial charge in [0.25, 0.3) is 10.0 Å². The molecule has 0 bridgehead atoms. The minimum Gasteiger partial charge on any atom is -0.478 e. The van der Waals surface area contributed by atoms with E-state index in [0.717, 1.165) is 0 Å². The van der Waals surface area contributed by atoms with E-state index < -0.39 is 16.0 Å². The van der Waals surface area contributed by atoms with Gasteiger partial charge in [0.15, 0.2) is 11.5 Å². The second-order valence-corrected chi connectivity index (χ2v) is 5.42. The smallest absolute Gasteiger partial charge is 0.339 e. The lowest BCUT2D eigenvalue weighted by molar-refractivity contribution is 0.0697. The Hall–Kier alpha value is -2.99. The number of carboxylic acid groups (broad SMARTS) is 1. The quantitative estimate of drug-likeness (QED) is 0.855. The Balaban J connectivity index is 2.49. The first kappa shape index (κ1) is 14.4. The molecule has 0 amide bonds. The summed E-state index contributed by atoms with van der Waals surface area (Å²) in [6.45, 7) is 0. The summed E-state index contributed by atoms with van der Waals surface area (Å²) in [4.78, 5) is 18.0. The van der Waals surface area contributed by atoms with Crippen LogP contribution in [0.25, 0.3) is 0 Å². The maximum atomic E-state index is 12.2. The molecule has 2 N–H and O–H groups in total. The molecular formula is C12H8N4O4S.